The molecule has 5 nitrogen and oxygen atoms in total. The van der Waals surface area contributed by atoms with E-state index in [9.17, 15) is 15.0 Å². The highest BCUT2D eigenvalue weighted by atomic mass is 16.6. The van der Waals surface area contributed by atoms with Crippen molar-refractivity contribution in [3.8, 4) is 5.75 Å². The number of amides is 1. The Hall–Kier alpha value is -1.75. The van der Waals surface area contributed by atoms with Gasteiger partial charge in [0.2, 0.25) is 0 Å². The highest BCUT2D eigenvalue weighted by Gasteiger charge is 2.25. The Labute approximate surface area is 92.9 Å². The van der Waals surface area contributed by atoms with E-state index in [2.05, 4.69) is 0 Å². The molecule has 1 aromatic carbocycles. The van der Waals surface area contributed by atoms with Crippen molar-refractivity contribution < 1.29 is 19.7 Å². The van der Waals surface area contributed by atoms with Crippen LogP contribution in [-0.2, 0) is 4.74 Å². The summed E-state index contributed by atoms with van der Waals surface area (Å²) in [6, 6.07) is 6.53. The summed E-state index contributed by atoms with van der Waals surface area (Å²) in [6.45, 7) is 0.965. The molecule has 5 heteroatoms. The van der Waals surface area contributed by atoms with Crippen LogP contribution in [0.1, 0.15) is 11.7 Å². The van der Waals surface area contributed by atoms with Crippen molar-refractivity contribution >= 4 is 6.09 Å². The van der Waals surface area contributed by atoms with Gasteiger partial charge < -0.3 is 19.8 Å². The van der Waals surface area contributed by atoms with Crippen LogP contribution in [0.2, 0.25) is 0 Å². The van der Waals surface area contributed by atoms with Crippen LogP contribution in [0.15, 0.2) is 24.3 Å². The topological polar surface area (TPSA) is 70.0 Å². The van der Waals surface area contributed by atoms with E-state index in [0.717, 1.165) is 0 Å². The summed E-state index contributed by atoms with van der Waals surface area (Å²) in [7, 11) is 0. The Morgan fingerprint density at radius 2 is 2.19 bits per heavy atom. The van der Waals surface area contributed by atoms with Crippen molar-refractivity contribution in [3.05, 3.63) is 29.8 Å². The number of cyclic esters (lactones) is 1. The smallest absolute Gasteiger partial charge is 0.410 e. The second kappa shape index (κ2) is 4.40. The number of hydrogen-bond acceptors (Lipinski definition) is 4. The molecule has 1 atom stereocenters. The van der Waals surface area contributed by atoms with Crippen molar-refractivity contribution in [3.63, 3.8) is 0 Å². The first-order valence-electron chi connectivity index (χ1n) is 5.06. The normalized spacial score (nSPS) is 17.3. The van der Waals surface area contributed by atoms with Crippen LogP contribution in [0.4, 0.5) is 4.79 Å². The first kappa shape index (κ1) is 10.8. The lowest BCUT2D eigenvalue weighted by Crippen LogP contribution is -2.29. The molecular weight excluding hydrogens is 210 g/mol. The quantitative estimate of drug-likeness (QED) is 0.798. The van der Waals surface area contributed by atoms with Crippen LogP contribution >= 0.6 is 0 Å². The van der Waals surface area contributed by atoms with Gasteiger partial charge in [-0.1, -0.05) is 18.2 Å². The number of ether oxygens (including phenoxy) is 1. The molecule has 1 aliphatic heterocycles. The standard InChI is InChI=1S/C11H13NO4/c13-9-4-2-1-3-8(9)10(14)7-12-5-6-16-11(12)15/h1-4,10,13-14H,5-7H2. The molecule has 1 saturated heterocycles. The van der Waals surface area contributed by atoms with Crippen LogP contribution in [-0.4, -0.2) is 40.9 Å². The number of aromatic hydroxyl groups is 1. The number of para-hydroxylation sites is 1. The maximum atomic E-state index is 11.2. The number of hydrogen-bond donors (Lipinski definition) is 2. The molecule has 0 spiro atoms. The molecule has 1 aromatic rings. The number of carbonyl (C=O) groups is 1. The number of phenols is 1. The molecule has 1 unspecified atom stereocenters. The molecule has 0 bridgehead atoms. The zero-order valence-electron chi connectivity index (χ0n) is 8.67. The second-order valence-electron chi connectivity index (χ2n) is 3.63. The van der Waals surface area contributed by atoms with E-state index in [1.54, 1.807) is 18.2 Å². The molecule has 0 aromatic heterocycles. The van der Waals surface area contributed by atoms with Crippen molar-refractivity contribution in [1.82, 2.24) is 4.90 Å². The fourth-order valence-corrected chi connectivity index (χ4v) is 1.67. The third-order valence-corrected chi connectivity index (χ3v) is 2.53. The summed E-state index contributed by atoms with van der Waals surface area (Å²) >= 11 is 0. The number of phenolic OH excluding ortho intramolecular Hbond substituents is 1. The Bertz CT molecular complexity index is 393. The molecule has 16 heavy (non-hydrogen) atoms. The van der Waals surface area contributed by atoms with Gasteiger partial charge in [-0.2, -0.15) is 0 Å². The predicted molar refractivity (Wildman–Crippen MR) is 56.0 cm³/mol. The fraction of sp³-hybridized carbons (Fsp3) is 0.364. The number of aliphatic hydroxyl groups excluding tert-OH is 1. The highest BCUT2D eigenvalue weighted by Crippen LogP contribution is 2.24. The molecule has 0 saturated carbocycles. The first-order valence-corrected chi connectivity index (χ1v) is 5.06. The van der Waals surface area contributed by atoms with Gasteiger partial charge in [-0.3, -0.25) is 0 Å². The minimum absolute atomic E-state index is 0.0302. The molecule has 1 aliphatic rings. The lowest BCUT2D eigenvalue weighted by atomic mass is 10.1. The Balaban J connectivity index is 2.05. The van der Waals surface area contributed by atoms with E-state index in [4.69, 9.17) is 4.74 Å². The van der Waals surface area contributed by atoms with Crippen molar-refractivity contribution in [2.24, 2.45) is 0 Å². The average Bonchev–Trinajstić information content (AvgIpc) is 2.65. The lowest BCUT2D eigenvalue weighted by molar-refractivity contribution is 0.117. The van der Waals surface area contributed by atoms with Crippen LogP contribution in [0.5, 0.6) is 5.75 Å². The second-order valence-corrected chi connectivity index (χ2v) is 3.63. The van der Waals surface area contributed by atoms with Crippen molar-refractivity contribution in [1.29, 1.82) is 0 Å². The average molecular weight is 223 g/mol. The molecule has 86 valence electrons. The van der Waals surface area contributed by atoms with Crippen molar-refractivity contribution in [2.45, 2.75) is 6.10 Å². The summed E-state index contributed by atoms with van der Waals surface area (Å²) in [6.07, 6.45) is -1.32. The number of carbonyl (C=O) groups excluding carboxylic acids is 1. The van der Waals surface area contributed by atoms with Gasteiger partial charge in [0, 0.05) is 5.56 Å². The van der Waals surface area contributed by atoms with E-state index >= 15 is 0 Å². The van der Waals surface area contributed by atoms with Crippen LogP contribution in [0, 0.1) is 0 Å². The summed E-state index contributed by atoms with van der Waals surface area (Å²) < 4.78 is 4.75. The number of aliphatic hydroxyl groups is 1. The van der Waals surface area contributed by atoms with Gasteiger partial charge in [0.1, 0.15) is 18.5 Å². The van der Waals surface area contributed by atoms with Crippen LogP contribution in [0.25, 0.3) is 0 Å². The summed E-state index contributed by atoms with van der Waals surface area (Å²) in [5.41, 5.74) is 0.419. The highest BCUT2D eigenvalue weighted by molar-refractivity contribution is 5.69. The van der Waals surface area contributed by atoms with Crippen LogP contribution < -0.4 is 0 Å². The molecule has 1 fully saturated rings. The number of nitrogens with zero attached hydrogens (tertiary/aromatic N) is 1. The zero-order chi connectivity index (χ0) is 11.5. The lowest BCUT2D eigenvalue weighted by Gasteiger charge is -2.18. The Morgan fingerprint density at radius 1 is 1.44 bits per heavy atom. The largest absolute Gasteiger partial charge is 0.508 e. The third-order valence-electron chi connectivity index (χ3n) is 2.53. The molecular formula is C11H13NO4. The monoisotopic (exact) mass is 223 g/mol. The van der Waals surface area contributed by atoms with Crippen LogP contribution in [0.3, 0.4) is 0 Å². The van der Waals surface area contributed by atoms with E-state index in [1.807, 2.05) is 0 Å². The number of β-amino-alcohol motifs (C(OH)–C–C–N with tert-alkyl or cyclic N) is 1. The van der Waals surface area contributed by atoms with Gasteiger partial charge in [-0.15, -0.1) is 0 Å². The third kappa shape index (κ3) is 2.09. The summed E-state index contributed by atoms with van der Waals surface area (Å²) in [5, 5.41) is 19.4. The van der Waals surface area contributed by atoms with Gasteiger partial charge in [0.15, 0.2) is 0 Å². The molecule has 1 amide bonds. The Kier molecular flexibility index (Phi) is 2.96. The molecule has 0 aliphatic carbocycles. The molecule has 1 heterocycles. The summed E-state index contributed by atoms with van der Waals surface area (Å²) in [4.78, 5) is 12.6. The SMILES string of the molecule is O=C1OCCN1CC(O)c1ccccc1O. The summed E-state index contributed by atoms with van der Waals surface area (Å²) in [5.74, 6) is 0.0302. The minimum atomic E-state index is -0.896. The van der Waals surface area contributed by atoms with E-state index in [0.29, 0.717) is 18.7 Å². The minimum Gasteiger partial charge on any atom is -0.508 e. The molecule has 2 rings (SSSR count). The molecule has 0 radical (unpaired) electrons. The van der Waals surface area contributed by atoms with Gasteiger partial charge in [-0.25, -0.2) is 4.79 Å². The number of benzene rings is 1. The predicted octanol–water partition coefficient (Wildman–Crippen LogP) is 0.878. The van der Waals surface area contributed by atoms with E-state index < -0.39 is 12.2 Å². The van der Waals surface area contributed by atoms with E-state index in [1.165, 1.54) is 11.0 Å². The maximum absolute atomic E-state index is 11.2. The van der Waals surface area contributed by atoms with Gasteiger partial charge in [0.05, 0.1) is 13.1 Å². The van der Waals surface area contributed by atoms with Crippen molar-refractivity contribution in [2.75, 3.05) is 19.7 Å². The molecule has 2 N–H and O–H groups in total. The Morgan fingerprint density at radius 3 is 2.81 bits per heavy atom. The van der Waals surface area contributed by atoms with Gasteiger partial charge in [-0.05, 0) is 6.07 Å². The number of rotatable bonds is 3. The van der Waals surface area contributed by atoms with Gasteiger partial charge in [0.25, 0.3) is 0 Å². The first-order chi connectivity index (χ1) is 7.68. The van der Waals surface area contributed by atoms with Gasteiger partial charge >= 0.3 is 6.09 Å². The fourth-order valence-electron chi connectivity index (χ4n) is 1.67. The van der Waals surface area contributed by atoms with E-state index in [-0.39, 0.29) is 12.3 Å². The zero-order valence-corrected chi connectivity index (χ0v) is 8.67. The maximum Gasteiger partial charge on any atom is 0.410 e.